The van der Waals surface area contributed by atoms with Crippen LogP contribution < -0.4 is 11.3 Å². The van der Waals surface area contributed by atoms with E-state index in [-0.39, 0.29) is 11.9 Å². The van der Waals surface area contributed by atoms with Crippen molar-refractivity contribution in [2.75, 3.05) is 5.75 Å². The van der Waals surface area contributed by atoms with Crippen molar-refractivity contribution in [3.8, 4) is 0 Å². The van der Waals surface area contributed by atoms with Crippen molar-refractivity contribution in [1.82, 2.24) is 5.43 Å². The molecule has 2 aromatic rings. The Morgan fingerprint density at radius 1 is 1.05 bits per heavy atom. The van der Waals surface area contributed by atoms with E-state index in [1.807, 2.05) is 12.1 Å². The summed E-state index contributed by atoms with van der Waals surface area (Å²) in [5.74, 6) is 6.20. The molecule has 0 aliphatic rings. The molecule has 1 unspecified atom stereocenters. The van der Waals surface area contributed by atoms with E-state index in [0.29, 0.717) is 4.90 Å². The number of nitrogens with one attached hydrogen (secondary N) is 1. The van der Waals surface area contributed by atoms with E-state index in [2.05, 4.69) is 29.7 Å². The Morgan fingerprint density at radius 2 is 1.76 bits per heavy atom. The molecule has 112 valence electrons. The average Bonchev–Trinajstić information content (AvgIpc) is 2.53. The quantitative estimate of drug-likeness (QED) is 0.443. The fourth-order valence-electron chi connectivity index (χ4n) is 2.16. The topological polar surface area (TPSA) is 38.0 Å². The lowest BCUT2D eigenvalue weighted by Gasteiger charge is -2.15. The number of hydrazine groups is 1. The molecule has 2 nitrogen and oxygen atoms in total. The first-order valence-corrected chi connectivity index (χ1v) is 8.15. The predicted molar refractivity (Wildman–Crippen MR) is 87.6 cm³/mol. The van der Waals surface area contributed by atoms with Crippen molar-refractivity contribution in [1.29, 1.82) is 0 Å². The third-order valence-corrected chi connectivity index (χ3v) is 4.58. The van der Waals surface area contributed by atoms with E-state index >= 15 is 0 Å². The van der Waals surface area contributed by atoms with Crippen molar-refractivity contribution in [3.63, 3.8) is 0 Å². The van der Waals surface area contributed by atoms with E-state index in [0.717, 1.165) is 25.0 Å². The summed E-state index contributed by atoms with van der Waals surface area (Å²) in [4.78, 5) is 0.681. The van der Waals surface area contributed by atoms with Crippen molar-refractivity contribution in [2.45, 2.75) is 30.2 Å². The zero-order valence-corrected chi connectivity index (χ0v) is 12.8. The molecule has 0 bridgehead atoms. The number of benzene rings is 2. The van der Waals surface area contributed by atoms with Crippen LogP contribution in [0.4, 0.5) is 4.39 Å². The molecule has 0 aliphatic carbocycles. The van der Waals surface area contributed by atoms with Crippen LogP contribution >= 0.6 is 11.8 Å². The van der Waals surface area contributed by atoms with Gasteiger partial charge in [-0.2, -0.15) is 0 Å². The minimum absolute atomic E-state index is 0.164. The predicted octanol–water partition coefficient (Wildman–Crippen LogP) is 3.77. The lowest BCUT2D eigenvalue weighted by Crippen LogP contribution is -2.37. The Kier molecular flexibility index (Phi) is 6.73. The van der Waals surface area contributed by atoms with Crippen molar-refractivity contribution < 1.29 is 4.39 Å². The van der Waals surface area contributed by atoms with Gasteiger partial charge in [0.1, 0.15) is 5.82 Å². The van der Waals surface area contributed by atoms with Gasteiger partial charge in [-0.1, -0.05) is 42.5 Å². The Bertz CT molecular complexity index is 533. The zero-order valence-electron chi connectivity index (χ0n) is 12.0. The molecule has 4 heteroatoms. The molecular formula is C17H21FN2S. The SMILES string of the molecule is NNC(CCCc1ccccc1)CSc1ccccc1F. The monoisotopic (exact) mass is 304 g/mol. The van der Waals surface area contributed by atoms with Crippen molar-refractivity contribution >= 4 is 11.8 Å². The second-order valence-corrected chi connectivity index (χ2v) is 6.04. The average molecular weight is 304 g/mol. The Morgan fingerprint density at radius 3 is 2.48 bits per heavy atom. The standard InChI is InChI=1S/C17H21FN2S/c18-16-11-4-5-12-17(16)21-13-15(20-19)10-6-9-14-7-2-1-3-8-14/h1-5,7-8,11-12,15,20H,6,9-10,13,19H2. The van der Waals surface area contributed by atoms with Gasteiger partial charge in [-0.15, -0.1) is 11.8 Å². The number of thioether (sulfide) groups is 1. The van der Waals surface area contributed by atoms with Crippen molar-refractivity contribution in [3.05, 3.63) is 66.0 Å². The maximum Gasteiger partial charge on any atom is 0.136 e. The first-order valence-electron chi connectivity index (χ1n) is 7.17. The summed E-state index contributed by atoms with van der Waals surface area (Å²) < 4.78 is 13.5. The number of rotatable bonds is 8. The molecule has 0 saturated carbocycles. The van der Waals surface area contributed by atoms with Gasteiger partial charge in [0.05, 0.1) is 0 Å². The number of nitrogens with two attached hydrogens (primary N) is 1. The van der Waals surface area contributed by atoms with Crippen LogP contribution in [0.3, 0.4) is 0 Å². The summed E-state index contributed by atoms with van der Waals surface area (Å²) in [5, 5.41) is 0. The third-order valence-electron chi connectivity index (χ3n) is 3.37. The highest BCUT2D eigenvalue weighted by Gasteiger charge is 2.09. The van der Waals surface area contributed by atoms with Crippen LogP contribution in [0.25, 0.3) is 0 Å². The molecule has 2 rings (SSSR count). The van der Waals surface area contributed by atoms with Gasteiger partial charge in [0.25, 0.3) is 0 Å². The Balaban J connectivity index is 1.74. The van der Waals surface area contributed by atoms with Gasteiger partial charge in [0, 0.05) is 16.7 Å². The molecule has 21 heavy (non-hydrogen) atoms. The summed E-state index contributed by atoms with van der Waals surface area (Å²) >= 11 is 1.51. The molecule has 0 saturated heterocycles. The highest BCUT2D eigenvalue weighted by atomic mass is 32.2. The van der Waals surface area contributed by atoms with Gasteiger partial charge < -0.3 is 0 Å². The van der Waals surface area contributed by atoms with Crippen LogP contribution in [0.5, 0.6) is 0 Å². The largest absolute Gasteiger partial charge is 0.271 e. The van der Waals surface area contributed by atoms with Crippen LogP contribution in [0, 0.1) is 5.82 Å². The molecule has 0 heterocycles. The lowest BCUT2D eigenvalue weighted by molar-refractivity contribution is 0.519. The third kappa shape index (κ3) is 5.50. The van der Waals surface area contributed by atoms with E-state index in [1.165, 1.54) is 23.4 Å². The first kappa shape index (κ1) is 16.0. The Labute approximate surface area is 129 Å². The molecule has 0 spiro atoms. The van der Waals surface area contributed by atoms with Gasteiger partial charge in [-0.3, -0.25) is 11.3 Å². The molecular weight excluding hydrogens is 283 g/mol. The van der Waals surface area contributed by atoms with Gasteiger partial charge >= 0.3 is 0 Å². The summed E-state index contributed by atoms with van der Waals surface area (Å²) in [5.41, 5.74) is 4.18. The number of hydrogen-bond donors (Lipinski definition) is 2. The van der Waals surface area contributed by atoms with Crippen LogP contribution in [0.2, 0.25) is 0 Å². The zero-order chi connectivity index (χ0) is 14.9. The number of hydrogen-bond acceptors (Lipinski definition) is 3. The second kappa shape index (κ2) is 8.82. The molecule has 1 atom stereocenters. The van der Waals surface area contributed by atoms with Crippen LogP contribution in [0.1, 0.15) is 18.4 Å². The van der Waals surface area contributed by atoms with Gasteiger partial charge in [0.15, 0.2) is 0 Å². The lowest BCUT2D eigenvalue weighted by atomic mass is 10.1. The molecule has 0 fully saturated rings. The van der Waals surface area contributed by atoms with E-state index in [9.17, 15) is 4.39 Å². The van der Waals surface area contributed by atoms with E-state index in [4.69, 9.17) is 5.84 Å². The minimum atomic E-state index is -0.164. The molecule has 0 amide bonds. The maximum atomic E-state index is 13.5. The Hall–Kier alpha value is -1.36. The summed E-state index contributed by atoms with van der Waals surface area (Å²) in [6, 6.07) is 17.5. The highest BCUT2D eigenvalue weighted by Crippen LogP contribution is 2.22. The summed E-state index contributed by atoms with van der Waals surface area (Å²) in [6.45, 7) is 0. The normalized spacial score (nSPS) is 12.3. The fraction of sp³-hybridized carbons (Fsp3) is 0.294. The van der Waals surface area contributed by atoms with Crippen LogP contribution in [-0.4, -0.2) is 11.8 Å². The van der Waals surface area contributed by atoms with Gasteiger partial charge in [-0.25, -0.2) is 4.39 Å². The highest BCUT2D eigenvalue weighted by molar-refractivity contribution is 7.99. The summed E-state index contributed by atoms with van der Waals surface area (Å²) in [7, 11) is 0. The fourth-order valence-corrected chi connectivity index (χ4v) is 3.19. The minimum Gasteiger partial charge on any atom is -0.271 e. The molecule has 0 radical (unpaired) electrons. The van der Waals surface area contributed by atoms with E-state index in [1.54, 1.807) is 12.1 Å². The molecule has 0 aromatic heterocycles. The molecule has 3 N–H and O–H groups in total. The molecule has 0 aliphatic heterocycles. The van der Waals surface area contributed by atoms with E-state index < -0.39 is 0 Å². The first-order chi connectivity index (χ1) is 10.3. The van der Waals surface area contributed by atoms with Gasteiger partial charge in [-0.05, 0) is 37.0 Å². The smallest absolute Gasteiger partial charge is 0.136 e. The maximum absolute atomic E-state index is 13.5. The van der Waals surface area contributed by atoms with Gasteiger partial charge in [0.2, 0.25) is 0 Å². The second-order valence-electron chi connectivity index (χ2n) is 4.98. The summed E-state index contributed by atoms with van der Waals surface area (Å²) in [6.07, 6.45) is 3.09. The van der Waals surface area contributed by atoms with Crippen LogP contribution in [0.15, 0.2) is 59.5 Å². The molecule has 2 aromatic carbocycles. The van der Waals surface area contributed by atoms with Crippen LogP contribution in [-0.2, 0) is 6.42 Å². The number of aryl methyl sites for hydroxylation is 1. The van der Waals surface area contributed by atoms with Crippen molar-refractivity contribution in [2.24, 2.45) is 5.84 Å². The number of halogens is 1.